The van der Waals surface area contributed by atoms with E-state index < -0.39 is 18.2 Å². The third-order valence-corrected chi connectivity index (χ3v) is 7.46. The number of nitrogens with zero attached hydrogens (tertiary/aromatic N) is 3. The van der Waals surface area contributed by atoms with Crippen LogP contribution >= 0.6 is 23.2 Å². The maximum absolute atomic E-state index is 14.0. The van der Waals surface area contributed by atoms with Crippen LogP contribution in [0.5, 0.6) is 5.75 Å². The highest BCUT2D eigenvalue weighted by molar-refractivity contribution is 6.35. The van der Waals surface area contributed by atoms with Crippen molar-refractivity contribution in [3.63, 3.8) is 0 Å². The summed E-state index contributed by atoms with van der Waals surface area (Å²) in [5.41, 5.74) is 4.72. The molecule has 0 N–H and O–H groups in total. The molecule has 0 fully saturated rings. The first-order chi connectivity index (χ1) is 18.0. The Morgan fingerprint density at radius 1 is 1.03 bits per heavy atom. The smallest absolute Gasteiger partial charge is 0.405 e. The molecule has 0 radical (unpaired) electrons. The number of carbonyl (C=O) groups excluding carboxylic acids is 1. The minimum atomic E-state index is -4.89. The number of carbonyl (C=O) groups is 1. The molecule has 6 rings (SSSR count). The molecule has 4 aromatic rings. The number of aromatic nitrogens is 2. The molecule has 10 heteroatoms. The lowest BCUT2D eigenvalue weighted by Gasteiger charge is -2.37. The number of halogens is 5. The summed E-state index contributed by atoms with van der Waals surface area (Å²) in [6.45, 7) is 5.69. The van der Waals surface area contributed by atoms with Crippen LogP contribution in [0.1, 0.15) is 53.2 Å². The average Bonchev–Trinajstić information content (AvgIpc) is 3.36. The van der Waals surface area contributed by atoms with E-state index in [9.17, 15) is 18.0 Å². The number of aryl methyl sites for hydroxylation is 1. The van der Waals surface area contributed by atoms with Gasteiger partial charge in [0.05, 0.1) is 22.0 Å². The van der Waals surface area contributed by atoms with Crippen LogP contribution in [-0.2, 0) is 0 Å². The normalized spacial score (nSPS) is 15.9. The van der Waals surface area contributed by atoms with Gasteiger partial charge in [-0.25, -0.2) is 4.98 Å². The number of hydrogen-bond donors (Lipinski definition) is 0. The molecule has 3 aromatic carbocycles. The topological polar surface area (TPSA) is 47.4 Å². The Balaban J connectivity index is 1.64. The van der Waals surface area contributed by atoms with Crippen molar-refractivity contribution in [1.29, 1.82) is 0 Å². The minimum absolute atomic E-state index is 0.138. The van der Waals surface area contributed by atoms with Gasteiger partial charge in [0.15, 0.2) is 5.69 Å². The molecular formula is C28H20Cl2F3N3O2. The van der Waals surface area contributed by atoms with Crippen molar-refractivity contribution in [3.05, 3.63) is 87.2 Å². The van der Waals surface area contributed by atoms with Crippen LogP contribution in [0.2, 0.25) is 10.0 Å². The summed E-state index contributed by atoms with van der Waals surface area (Å²) in [4.78, 5) is 20.4. The van der Waals surface area contributed by atoms with Crippen molar-refractivity contribution < 1.29 is 22.7 Å². The van der Waals surface area contributed by atoms with E-state index in [1.165, 1.54) is 18.2 Å². The number of ether oxygens (including phenoxy) is 1. The van der Waals surface area contributed by atoms with Gasteiger partial charge in [-0.15, -0.1) is 13.2 Å². The standard InChI is InChI=1S/C28H20Cl2F3N3O2/c1-13(2)35-25-22(34-26(35)17-6-4-5-7-20(17)38-28(31,32)33)27(37)36-23-14(3)8-11-19(30)21(23)18-12-15(29)9-10-16(18)24(25)36/h4-13,24H,1-3H3. The number of para-hydroxylation sites is 1. The second-order valence-electron chi connectivity index (χ2n) is 9.57. The second-order valence-corrected chi connectivity index (χ2v) is 10.4. The first-order valence-corrected chi connectivity index (χ1v) is 12.6. The van der Waals surface area contributed by atoms with Crippen molar-refractivity contribution >= 4 is 34.8 Å². The Kier molecular flexibility index (Phi) is 5.56. The zero-order chi connectivity index (χ0) is 27.1. The van der Waals surface area contributed by atoms with Gasteiger partial charge in [-0.2, -0.15) is 0 Å². The van der Waals surface area contributed by atoms with E-state index in [0.717, 1.165) is 16.7 Å². The van der Waals surface area contributed by atoms with E-state index in [-0.39, 0.29) is 29.0 Å². The molecule has 1 aromatic heterocycles. The van der Waals surface area contributed by atoms with Crippen molar-refractivity contribution in [2.45, 2.75) is 39.2 Å². The Bertz CT molecular complexity index is 1650. The van der Waals surface area contributed by atoms with Gasteiger partial charge >= 0.3 is 6.36 Å². The summed E-state index contributed by atoms with van der Waals surface area (Å²) in [6, 6.07) is 14.1. The monoisotopic (exact) mass is 557 g/mol. The minimum Gasteiger partial charge on any atom is -0.405 e. The van der Waals surface area contributed by atoms with Gasteiger partial charge < -0.3 is 9.30 Å². The fourth-order valence-corrected chi connectivity index (χ4v) is 5.96. The van der Waals surface area contributed by atoms with Gasteiger partial charge in [0, 0.05) is 16.6 Å². The Hall–Kier alpha value is -3.49. The van der Waals surface area contributed by atoms with E-state index in [1.54, 1.807) is 23.1 Å². The quantitative estimate of drug-likeness (QED) is 0.254. The summed E-state index contributed by atoms with van der Waals surface area (Å²) >= 11 is 13.1. The van der Waals surface area contributed by atoms with E-state index in [0.29, 0.717) is 27.0 Å². The van der Waals surface area contributed by atoms with Crippen LogP contribution in [0.3, 0.4) is 0 Å². The number of benzene rings is 3. The van der Waals surface area contributed by atoms with Crippen LogP contribution in [0.15, 0.2) is 54.6 Å². The van der Waals surface area contributed by atoms with Crippen LogP contribution < -0.4 is 9.64 Å². The summed E-state index contributed by atoms with van der Waals surface area (Å²) < 4.78 is 45.8. The predicted octanol–water partition coefficient (Wildman–Crippen LogP) is 8.38. The van der Waals surface area contributed by atoms with Gasteiger partial charge in [0.1, 0.15) is 17.6 Å². The molecule has 0 saturated carbocycles. The van der Waals surface area contributed by atoms with Gasteiger partial charge in [-0.1, -0.05) is 47.5 Å². The van der Waals surface area contributed by atoms with Gasteiger partial charge in [0.25, 0.3) is 5.91 Å². The molecule has 0 saturated heterocycles. The Labute approximate surface area is 226 Å². The molecule has 2 aliphatic rings. The second kappa shape index (κ2) is 8.51. The molecule has 0 spiro atoms. The highest BCUT2D eigenvalue weighted by Gasteiger charge is 2.49. The number of anilines is 1. The maximum atomic E-state index is 14.0. The van der Waals surface area contributed by atoms with Crippen LogP contribution in [0.25, 0.3) is 22.5 Å². The van der Waals surface area contributed by atoms with E-state index in [2.05, 4.69) is 9.72 Å². The van der Waals surface area contributed by atoms with Gasteiger partial charge in [-0.3, -0.25) is 9.69 Å². The van der Waals surface area contributed by atoms with Crippen LogP contribution in [0, 0.1) is 6.92 Å². The molecule has 1 unspecified atom stereocenters. The van der Waals surface area contributed by atoms with Crippen molar-refractivity contribution in [2.75, 3.05) is 4.90 Å². The first-order valence-electron chi connectivity index (χ1n) is 11.9. The van der Waals surface area contributed by atoms with E-state index >= 15 is 0 Å². The van der Waals surface area contributed by atoms with E-state index in [4.69, 9.17) is 23.2 Å². The molecular weight excluding hydrogens is 538 g/mol. The Morgan fingerprint density at radius 2 is 1.76 bits per heavy atom. The number of alkyl halides is 3. The van der Waals surface area contributed by atoms with Gasteiger partial charge in [0.2, 0.25) is 0 Å². The summed E-state index contributed by atoms with van der Waals surface area (Å²) in [6.07, 6.45) is -4.89. The predicted molar refractivity (Wildman–Crippen MR) is 140 cm³/mol. The molecule has 3 heterocycles. The number of amides is 1. The molecule has 38 heavy (non-hydrogen) atoms. The largest absolute Gasteiger partial charge is 0.573 e. The third-order valence-electron chi connectivity index (χ3n) is 6.91. The lowest BCUT2D eigenvalue weighted by Crippen LogP contribution is -2.34. The lowest BCUT2D eigenvalue weighted by atomic mass is 9.86. The summed E-state index contributed by atoms with van der Waals surface area (Å²) in [5.74, 6) is -0.521. The maximum Gasteiger partial charge on any atom is 0.573 e. The highest BCUT2D eigenvalue weighted by atomic mass is 35.5. The van der Waals surface area contributed by atoms with Crippen LogP contribution in [0.4, 0.5) is 18.9 Å². The molecule has 2 aliphatic heterocycles. The van der Waals surface area contributed by atoms with Gasteiger partial charge in [-0.05, 0) is 67.8 Å². The molecule has 194 valence electrons. The zero-order valence-electron chi connectivity index (χ0n) is 20.4. The summed E-state index contributed by atoms with van der Waals surface area (Å²) in [5, 5.41) is 0.997. The molecule has 0 aliphatic carbocycles. The number of rotatable bonds is 3. The summed E-state index contributed by atoms with van der Waals surface area (Å²) in [7, 11) is 0. The lowest BCUT2D eigenvalue weighted by molar-refractivity contribution is -0.274. The number of fused-ring (bicyclic) bond motifs is 8. The third kappa shape index (κ3) is 3.61. The SMILES string of the molecule is Cc1ccc(Cl)c2c1N1C(=O)c3nc(-c4ccccc4OC(F)(F)F)n(C(C)C)c3C1c1ccc(Cl)cc1-2. The van der Waals surface area contributed by atoms with Crippen molar-refractivity contribution in [1.82, 2.24) is 9.55 Å². The fraction of sp³-hybridized carbons (Fsp3) is 0.214. The molecule has 0 bridgehead atoms. The first kappa shape index (κ1) is 24.8. The fourth-order valence-electron chi connectivity index (χ4n) is 5.53. The molecule has 1 atom stereocenters. The molecule has 1 amide bonds. The number of imidazole rings is 1. The Morgan fingerprint density at radius 3 is 2.47 bits per heavy atom. The van der Waals surface area contributed by atoms with E-state index in [1.807, 2.05) is 43.5 Å². The number of hydrogen-bond acceptors (Lipinski definition) is 3. The highest BCUT2D eigenvalue weighted by Crippen LogP contribution is 2.56. The zero-order valence-corrected chi connectivity index (χ0v) is 21.9. The van der Waals surface area contributed by atoms with Crippen molar-refractivity contribution in [3.8, 4) is 28.3 Å². The van der Waals surface area contributed by atoms with Crippen molar-refractivity contribution in [2.24, 2.45) is 0 Å². The molecule has 5 nitrogen and oxygen atoms in total. The average molecular weight is 558 g/mol. The van der Waals surface area contributed by atoms with Crippen LogP contribution in [-0.4, -0.2) is 21.8 Å².